The highest BCUT2D eigenvalue weighted by Gasteiger charge is 2.23. The molecule has 0 aromatic carbocycles. The summed E-state index contributed by atoms with van der Waals surface area (Å²) in [6.45, 7) is 2.93. The van der Waals surface area contributed by atoms with Gasteiger partial charge in [0.05, 0.1) is 7.11 Å². The molecule has 14 heavy (non-hydrogen) atoms. The first kappa shape index (κ1) is 12.0. The van der Waals surface area contributed by atoms with Crippen molar-refractivity contribution in [3.05, 3.63) is 0 Å². The average molecular weight is 264 g/mol. The summed E-state index contributed by atoms with van der Waals surface area (Å²) in [7, 11) is 1.41. The number of methoxy groups -OCH3 is 1. The molecule has 1 rings (SSSR count). The van der Waals surface area contributed by atoms with Crippen LogP contribution in [0.25, 0.3) is 0 Å². The monoisotopic (exact) mass is 263 g/mol. The number of esters is 1. The molecule has 0 spiro atoms. The van der Waals surface area contributed by atoms with Crippen LogP contribution in [0.2, 0.25) is 0 Å². The van der Waals surface area contributed by atoms with E-state index in [1.165, 1.54) is 26.4 Å². The number of carbonyl (C=O) groups is 1. The summed E-state index contributed by atoms with van der Waals surface area (Å²) in [5.74, 6) is 0.614. The Kier molecular flexibility index (Phi) is 4.89. The lowest BCUT2D eigenvalue weighted by Crippen LogP contribution is -2.35. The molecule has 82 valence electrons. The minimum Gasteiger partial charge on any atom is -0.468 e. The number of carbonyl (C=O) groups excluding carboxylic acids is 1. The number of nitrogens with one attached hydrogen (secondary N) is 1. The standard InChI is InChI=1S/C10H18BrNO2/c1-7-3-4-8(5-7)12-6-9(11)10(13)14-2/h7-9,12H,3-6H2,1-2H3. The van der Waals surface area contributed by atoms with E-state index >= 15 is 0 Å². The minimum absolute atomic E-state index is 0.205. The fourth-order valence-electron chi connectivity index (χ4n) is 1.87. The van der Waals surface area contributed by atoms with E-state index in [1.807, 2.05) is 0 Å². The molecule has 4 heteroatoms. The predicted octanol–water partition coefficient (Wildman–Crippen LogP) is 1.70. The van der Waals surface area contributed by atoms with Crippen molar-refractivity contribution in [2.45, 2.75) is 37.1 Å². The lowest BCUT2D eigenvalue weighted by atomic mass is 10.1. The maximum Gasteiger partial charge on any atom is 0.320 e. The van der Waals surface area contributed by atoms with Crippen LogP contribution in [0.5, 0.6) is 0 Å². The van der Waals surface area contributed by atoms with Crippen LogP contribution in [-0.4, -0.2) is 30.5 Å². The van der Waals surface area contributed by atoms with E-state index < -0.39 is 0 Å². The molecule has 0 aromatic rings. The van der Waals surface area contributed by atoms with Crippen molar-refractivity contribution in [2.24, 2.45) is 5.92 Å². The number of hydrogen-bond donors (Lipinski definition) is 1. The summed E-state index contributed by atoms with van der Waals surface area (Å²) in [6, 6.07) is 0.578. The molecule has 1 saturated carbocycles. The second-order valence-corrected chi connectivity index (χ2v) is 5.12. The molecule has 3 unspecified atom stereocenters. The molecular formula is C10H18BrNO2. The van der Waals surface area contributed by atoms with Crippen LogP contribution in [0, 0.1) is 5.92 Å². The van der Waals surface area contributed by atoms with E-state index in [9.17, 15) is 4.79 Å². The smallest absolute Gasteiger partial charge is 0.320 e. The van der Waals surface area contributed by atoms with Gasteiger partial charge in [0, 0.05) is 12.6 Å². The van der Waals surface area contributed by atoms with Gasteiger partial charge in [-0.2, -0.15) is 0 Å². The van der Waals surface area contributed by atoms with Crippen LogP contribution in [0.4, 0.5) is 0 Å². The molecule has 0 aromatic heterocycles. The van der Waals surface area contributed by atoms with Gasteiger partial charge in [0.1, 0.15) is 4.83 Å². The Labute approximate surface area is 93.7 Å². The number of alkyl halides is 1. The summed E-state index contributed by atoms with van der Waals surface area (Å²) in [5.41, 5.74) is 0. The Morgan fingerprint density at radius 3 is 2.86 bits per heavy atom. The highest BCUT2D eigenvalue weighted by atomic mass is 79.9. The van der Waals surface area contributed by atoms with Gasteiger partial charge in [-0.3, -0.25) is 4.79 Å². The second kappa shape index (κ2) is 5.71. The zero-order valence-electron chi connectivity index (χ0n) is 8.75. The van der Waals surface area contributed by atoms with E-state index in [0.29, 0.717) is 12.6 Å². The highest BCUT2D eigenvalue weighted by molar-refractivity contribution is 9.10. The number of halogens is 1. The Morgan fingerprint density at radius 2 is 2.36 bits per heavy atom. The minimum atomic E-state index is -0.219. The summed E-state index contributed by atoms with van der Waals surface area (Å²) in [5, 5.41) is 3.38. The lowest BCUT2D eigenvalue weighted by molar-refractivity contribution is -0.139. The summed E-state index contributed by atoms with van der Waals surface area (Å²) < 4.78 is 4.62. The zero-order valence-corrected chi connectivity index (χ0v) is 10.3. The van der Waals surface area contributed by atoms with Crippen LogP contribution in [0.1, 0.15) is 26.2 Å². The normalized spacial score (nSPS) is 28.8. The number of rotatable bonds is 4. The van der Waals surface area contributed by atoms with Crippen LogP contribution < -0.4 is 5.32 Å². The highest BCUT2D eigenvalue weighted by Crippen LogP contribution is 2.24. The Hall–Kier alpha value is -0.0900. The molecule has 1 aliphatic carbocycles. The largest absolute Gasteiger partial charge is 0.468 e. The second-order valence-electron chi connectivity index (χ2n) is 4.01. The fraction of sp³-hybridized carbons (Fsp3) is 0.900. The van der Waals surface area contributed by atoms with Gasteiger partial charge in [-0.25, -0.2) is 0 Å². The van der Waals surface area contributed by atoms with Gasteiger partial charge in [-0.15, -0.1) is 0 Å². The van der Waals surface area contributed by atoms with E-state index in [4.69, 9.17) is 0 Å². The van der Waals surface area contributed by atoms with Crippen molar-refractivity contribution in [2.75, 3.05) is 13.7 Å². The molecule has 3 nitrogen and oxygen atoms in total. The molecular weight excluding hydrogens is 246 g/mol. The van der Waals surface area contributed by atoms with Crippen molar-refractivity contribution in [3.8, 4) is 0 Å². The van der Waals surface area contributed by atoms with Crippen LogP contribution in [0.3, 0.4) is 0 Å². The quantitative estimate of drug-likeness (QED) is 0.620. The van der Waals surface area contributed by atoms with Gasteiger partial charge in [-0.1, -0.05) is 22.9 Å². The van der Waals surface area contributed by atoms with Crippen molar-refractivity contribution < 1.29 is 9.53 Å². The summed E-state index contributed by atoms with van der Waals surface area (Å²) in [4.78, 5) is 10.9. The van der Waals surface area contributed by atoms with Crippen molar-refractivity contribution in [1.82, 2.24) is 5.32 Å². The molecule has 1 aliphatic rings. The topological polar surface area (TPSA) is 38.3 Å². The molecule has 0 amide bonds. The lowest BCUT2D eigenvalue weighted by Gasteiger charge is -2.14. The first-order valence-corrected chi connectivity index (χ1v) is 6.00. The average Bonchev–Trinajstić information content (AvgIpc) is 2.59. The van der Waals surface area contributed by atoms with Gasteiger partial charge in [0.25, 0.3) is 0 Å². The molecule has 1 fully saturated rings. The Bertz CT molecular complexity index is 199. The molecule has 1 N–H and O–H groups in total. The van der Waals surface area contributed by atoms with Gasteiger partial charge in [0.2, 0.25) is 0 Å². The third kappa shape index (κ3) is 3.58. The third-order valence-corrected chi connectivity index (χ3v) is 3.44. The molecule has 0 radical (unpaired) electrons. The predicted molar refractivity (Wildman–Crippen MR) is 59.5 cm³/mol. The van der Waals surface area contributed by atoms with E-state index in [2.05, 4.69) is 32.9 Å². The molecule has 0 bridgehead atoms. The molecule has 0 saturated heterocycles. The van der Waals surface area contributed by atoms with Crippen LogP contribution in [0.15, 0.2) is 0 Å². The van der Waals surface area contributed by atoms with Gasteiger partial charge in [-0.05, 0) is 25.2 Å². The summed E-state index contributed by atoms with van der Waals surface area (Å²) >= 11 is 3.29. The van der Waals surface area contributed by atoms with Crippen LogP contribution in [-0.2, 0) is 9.53 Å². The number of hydrogen-bond acceptors (Lipinski definition) is 3. The number of ether oxygens (including phenoxy) is 1. The first-order valence-electron chi connectivity index (χ1n) is 5.08. The maximum absolute atomic E-state index is 11.1. The SMILES string of the molecule is COC(=O)C(Br)CNC1CCC(C)C1. The third-order valence-electron chi connectivity index (χ3n) is 2.74. The van der Waals surface area contributed by atoms with Gasteiger partial charge in [0.15, 0.2) is 0 Å². The van der Waals surface area contributed by atoms with Gasteiger partial charge >= 0.3 is 5.97 Å². The maximum atomic E-state index is 11.1. The van der Waals surface area contributed by atoms with Crippen LogP contribution >= 0.6 is 15.9 Å². The zero-order chi connectivity index (χ0) is 10.6. The Morgan fingerprint density at radius 1 is 1.64 bits per heavy atom. The summed E-state index contributed by atoms with van der Waals surface area (Å²) in [6.07, 6.45) is 3.74. The van der Waals surface area contributed by atoms with E-state index in [-0.39, 0.29) is 10.8 Å². The molecule has 0 aliphatic heterocycles. The molecule has 0 heterocycles. The molecule has 3 atom stereocenters. The van der Waals surface area contributed by atoms with E-state index in [1.54, 1.807) is 0 Å². The first-order chi connectivity index (χ1) is 6.63. The Balaban J connectivity index is 2.17. The van der Waals surface area contributed by atoms with E-state index in [0.717, 1.165) is 5.92 Å². The van der Waals surface area contributed by atoms with Crippen molar-refractivity contribution in [1.29, 1.82) is 0 Å². The van der Waals surface area contributed by atoms with Gasteiger partial charge < -0.3 is 10.1 Å². The fourth-order valence-corrected chi connectivity index (χ4v) is 2.25. The van der Waals surface area contributed by atoms with Crippen molar-refractivity contribution >= 4 is 21.9 Å². The van der Waals surface area contributed by atoms with Crippen molar-refractivity contribution in [3.63, 3.8) is 0 Å².